The van der Waals surface area contributed by atoms with Crippen LogP contribution < -0.4 is 5.73 Å². The molecule has 0 aromatic heterocycles. The number of carbonyl (C=O) groups excluding carboxylic acids is 1. The minimum Gasteiger partial charge on any atom is -0.368 e. The largest absolute Gasteiger partial charge is 0.368 e. The fourth-order valence-electron chi connectivity index (χ4n) is 4.10. The molecule has 6 nitrogen and oxygen atoms in total. The molecule has 0 spiro atoms. The van der Waals surface area contributed by atoms with E-state index in [1.807, 2.05) is 38.7 Å². The normalized spacial score (nSPS) is 17.1. The smallest absolute Gasteiger partial charge is 0.243 e. The minimum atomic E-state index is -3.63. The number of halogens is 1. The molecular weight excluding hydrogens is 422 g/mol. The standard InChI is InChI=1S/C22H28ClN3O3S/c1-14-13-15(2)17(4)21(16(14)3)30(28,29)26-11-9-25(10-12-26)20(22(24)27)18-5-7-19(23)8-6-18/h5-8,13,20H,9-12H2,1-4H3,(H2,24,27)/t20-/m1/s1. The molecule has 0 aliphatic carbocycles. The number of sulfonamides is 1. The van der Waals surface area contributed by atoms with Crippen LogP contribution in [0, 0.1) is 27.7 Å². The Hall–Kier alpha value is -1.93. The van der Waals surface area contributed by atoms with Gasteiger partial charge < -0.3 is 5.73 Å². The van der Waals surface area contributed by atoms with Crippen LogP contribution in [0.25, 0.3) is 0 Å². The van der Waals surface area contributed by atoms with Crippen molar-refractivity contribution in [3.8, 4) is 0 Å². The van der Waals surface area contributed by atoms with Gasteiger partial charge in [0.1, 0.15) is 6.04 Å². The molecule has 0 unspecified atom stereocenters. The molecule has 1 atom stereocenters. The van der Waals surface area contributed by atoms with Crippen molar-refractivity contribution in [3.63, 3.8) is 0 Å². The second-order valence-corrected chi connectivity index (χ2v) is 10.2. The zero-order chi connectivity index (χ0) is 22.2. The Kier molecular flexibility index (Phi) is 6.57. The van der Waals surface area contributed by atoms with Gasteiger partial charge in [-0.15, -0.1) is 0 Å². The SMILES string of the molecule is Cc1cc(C)c(C)c(S(=O)(=O)N2CCN([C@@H](C(N)=O)c3ccc(Cl)cc3)CC2)c1C. The van der Waals surface area contributed by atoms with Gasteiger partial charge in [0.2, 0.25) is 15.9 Å². The number of carbonyl (C=O) groups is 1. The lowest BCUT2D eigenvalue weighted by atomic mass is 10.0. The van der Waals surface area contributed by atoms with Gasteiger partial charge in [-0.25, -0.2) is 8.42 Å². The van der Waals surface area contributed by atoms with Crippen LogP contribution in [0.3, 0.4) is 0 Å². The third-order valence-corrected chi connectivity index (χ3v) is 8.41. The number of piperazine rings is 1. The van der Waals surface area contributed by atoms with E-state index < -0.39 is 22.0 Å². The van der Waals surface area contributed by atoms with Gasteiger partial charge in [-0.1, -0.05) is 29.8 Å². The molecular formula is C22H28ClN3O3S. The quantitative estimate of drug-likeness (QED) is 0.760. The first-order valence-electron chi connectivity index (χ1n) is 9.90. The number of rotatable bonds is 5. The Balaban J connectivity index is 1.84. The Labute approximate surface area is 183 Å². The molecule has 8 heteroatoms. The van der Waals surface area contributed by atoms with Crippen molar-refractivity contribution in [2.45, 2.75) is 38.6 Å². The van der Waals surface area contributed by atoms with E-state index in [0.29, 0.717) is 36.1 Å². The predicted molar refractivity (Wildman–Crippen MR) is 119 cm³/mol. The highest BCUT2D eigenvalue weighted by Gasteiger charge is 2.35. The molecule has 1 fully saturated rings. The van der Waals surface area contributed by atoms with Crippen LogP contribution in [-0.2, 0) is 14.8 Å². The molecule has 3 rings (SSSR count). The van der Waals surface area contributed by atoms with E-state index in [0.717, 1.165) is 27.8 Å². The molecule has 0 radical (unpaired) electrons. The maximum atomic E-state index is 13.5. The number of aryl methyl sites for hydroxylation is 2. The van der Waals surface area contributed by atoms with Crippen molar-refractivity contribution in [3.05, 3.63) is 63.2 Å². The summed E-state index contributed by atoms with van der Waals surface area (Å²) in [6.07, 6.45) is 0. The lowest BCUT2D eigenvalue weighted by molar-refractivity contribution is -0.124. The van der Waals surface area contributed by atoms with E-state index in [9.17, 15) is 13.2 Å². The molecule has 1 amide bonds. The Morgan fingerprint density at radius 1 is 0.967 bits per heavy atom. The maximum absolute atomic E-state index is 13.5. The average molecular weight is 450 g/mol. The summed E-state index contributed by atoms with van der Waals surface area (Å²) < 4.78 is 28.4. The average Bonchev–Trinajstić information content (AvgIpc) is 2.68. The second-order valence-electron chi connectivity index (χ2n) is 7.89. The zero-order valence-corrected chi connectivity index (χ0v) is 19.3. The van der Waals surface area contributed by atoms with Crippen molar-refractivity contribution < 1.29 is 13.2 Å². The molecule has 1 aliphatic rings. The fraction of sp³-hybridized carbons (Fsp3) is 0.409. The van der Waals surface area contributed by atoms with Gasteiger partial charge in [0.15, 0.2) is 0 Å². The Morgan fingerprint density at radius 3 is 1.93 bits per heavy atom. The number of nitrogens with two attached hydrogens (primary N) is 1. The molecule has 2 aromatic carbocycles. The number of nitrogens with zero attached hydrogens (tertiary/aromatic N) is 2. The zero-order valence-electron chi connectivity index (χ0n) is 17.8. The summed E-state index contributed by atoms with van der Waals surface area (Å²) >= 11 is 5.95. The molecule has 2 N–H and O–H groups in total. The molecule has 0 saturated carbocycles. The van der Waals surface area contributed by atoms with E-state index in [2.05, 4.69) is 0 Å². The summed E-state index contributed by atoms with van der Waals surface area (Å²) in [5.74, 6) is -0.463. The minimum absolute atomic E-state index is 0.297. The van der Waals surface area contributed by atoms with Crippen molar-refractivity contribution in [2.24, 2.45) is 5.73 Å². The molecule has 1 heterocycles. The molecule has 1 aliphatic heterocycles. The van der Waals surface area contributed by atoms with E-state index in [4.69, 9.17) is 17.3 Å². The first-order chi connectivity index (χ1) is 14.0. The first kappa shape index (κ1) is 22.7. The topological polar surface area (TPSA) is 83.7 Å². The molecule has 2 aromatic rings. The summed E-state index contributed by atoms with van der Waals surface area (Å²) in [5, 5.41) is 0.581. The highest BCUT2D eigenvalue weighted by molar-refractivity contribution is 7.89. The van der Waals surface area contributed by atoms with Gasteiger partial charge in [0, 0.05) is 31.2 Å². The van der Waals surface area contributed by atoms with Gasteiger partial charge in [0.25, 0.3) is 0 Å². The summed E-state index contributed by atoms with van der Waals surface area (Å²) in [5.41, 5.74) is 9.94. The van der Waals surface area contributed by atoms with E-state index in [1.165, 1.54) is 4.31 Å². The Morgan fingerprint density at radius 2 is 1.47 bits per heavy atom. The third kappa shape index (κ3) is 4.25. The monoisotopic (exact) mass is 449 g/mol. The molecule has 1 saturated heterocycles. The predicted octanol–water partition coefficient (Wildman–Crippen LogP) is 3.11. The van der Waals surface area contributed by atoms with Gasteiger partial charge in [-0.05, 0) is 67.6 Å². The van der Waals surface area contributed by atoms with Crippen molar-refractivity contribution in [1.29, 1.82) is 0 Å². The Bertz CT molecular complexity index is 1030. The third-order valence-electron chi connectivity index (χ3n) is 5.99. The number of amides is 1. The second kappa shape index (κ2) is 8.67. The number of hydrogen-bond acceptors (Lipinski definition) is 4. The van der Waals surface area contributed by atoms with Gasteiger partial charge in [-0.2, -0.15) is 4.31 Å². The fourth-order valence-corrected chi connectivity index (χ4v) is 6.22. The van der Waals surface area contributed by atoms with Crippen LogP contribution in [0.4, 0.5) is 0 Å². The van der Waals surface area contributed by atoms with Gasteiger partial charge >= 0.3 is 0 Å². The maximum Gasteiger partial charge on any atom is 0.243 e. The van der Waals surface area contributed by atoms with Crippen LogP contribution in [-0.4, -0.2) is 49.7 Å². The first-order valence-corrected chi connectivity index (χ1v) is 11.7. The number of hydrogen-bond donors (Lipinski definition) is 1. The van der Waals surface area contributed by atoms with Crippen molar-refractivity contribution in [1.82, 2.24) is 9.21 Å². The molecule has 162 valence electrons. The van der Waals surface area contributed by atoms with Gasteiger partial charge in [0.05, 0.1) is 4.90 Å². The summed E-state index contributed by atoms with van der Waals surface area (Å²) in [6, 6.07) is 8.41. The van der Waals surface area contributed by atoms with Crippen LogP contribution in [0.1, 0.15) is 33.9 Å². The van der Waals surface area contributed by atoms with Crippen LogP contribution in [0.5, 0.6) is 0 Å². The summed E-state index contributed by atoms with van der Waals surface area (Å²) in [4.78, 5) is 14.5. The molecule has 0 bridgehead atoms. The van der Waals surface area contributed by atoms with Gasteiger partial charge in [-0.3, -0.25) is 9.69 Å². The van der Waals surface area contributed by atoms with E-state index >= 15 is 0 Å². The van der Waals surface area contributed by atoms with Crippen LogP contribution in [0.15, 0.2) is 35.2 Å². The molecule has 30 heavy (non-hydrogen) atoms. The number of primary amides is 1. The van der Waals surface area contributed by atoms with Crippen molar-refractivity contribution >= 4 is 27.5 Å². The summed E-state index contributed by atoms with van der Waals surface area (Å²) in [7, 11) is -3.63. The highest BCUT2D eigenvalue weighted by atomic mass is 35.5. The number of benzene rings is 2. The van der Waals surface area contributed by atoms with Crippen molar-refractivity contribution in [2.75, 3.05) is 26.2 Å². The van der Waals surface area contributed by atoms with Crippen LogP contribution in [0.2, 0.25) is 5.02 Å². The van der Waals surface area contributed by atoms with Crippen LogP contribution >= 0.6 is 11.6 Å². The summed E-state index contributed by atoms with van der Waals surface area (Å²) in [6.45, 7) is 9.00. The van der Waals surface area contributed by atoms with E-state index in [1.54, 1.807) is 24.3 Å². The van der Waals surface area contributed by atoms with E-state index in [-0.39, 0.29) is 0 Å². The lowest BCUT2D eigenvalue weighted by Crippen LogP contribution is -2.51. The highest BCUT2D eigenvalue weighted by Crippen LogP contribution is 2.30. The lowest BCUT2D eigenvalue weighted by Gasteiger charge is -2.38.